The van der Waals surface area contributed by atoms with Gasteiger partial charge in [0.25, 0.3) is 0 Å². The van der Waals surface area contributed by atoms with Crippen molar-refractivity contribution in [3.05, 3.63) is 29.8 Å². The molecule has 0 aliphatic carbocycles. The first-order valence-electron chi connectivity index (χ1n) is 22.7. The molecule has 8 N–H and O–H groups in total. The molecule has 2 aliphatic rings. The van der Waals surface area contributed by atoms with Crippen molar-refractivity contribution in [3.63, 3.8) is 0 Å². The normalized spacial score (nSPS) is 26.3. The van der Waals surface area contributed by atoms with Gasteiger partial charge in [0.15, 0.2) is 0 Å². The lowest BCUT2D eigenvalue weighted by atomic mass is 9.91. The minimum atomic E-state index is -1.70. The van der Waals surface area contributed by atoms with E-state index in [0.717, 1.165) is 9.80 Å². The van der Waals surface area contributed by atoms with Crippen LogP contribution in [0.3, 0.4) is 0 Å². The quantitative estimate of drug-likeness (QED) is 0.122. The van der Waals surface area contributed by atoms with Gasteiger partial charge in [-0.2, -0.15) is 0 Å². The number of aliphatic hydroxyl groups excluding tert-OH is 1. The number of cyclic esters (lactones) is 1. The van der Waals surface area contributed by atoms with Gasteiger partial charge in [0.1, 0.15) is 60.1 Å². The number of esters is 1. The number of phenolic OH excluding ortho intramolecular Hbond substituents is 1. The second-order valence-corrected chi connectivity index (χ2v) is 18.6. The van der Waals surface area contributed by atoms with Crippen molar-refractivity contribution in [2.24, 2.45) is 35.3 Å². The summed E-state index contributed by atoms with van der Waals surface area (Å²) in [6, 6.07) is -2.35. The summed E-state index contributed by atoms with van der Waals surface area (Å²) >= 11 is 0. The number of carbonyl (C=O) groups excluding carboxylic acids is 9. The number of nitrogens with zero attached hydrogens (tertiary/aromatic N) is 2. The molecule has 2 unspecified atom stereocenters. The number of hydrogen-bond acceptors (Lipinski definition) is 12. The van der Waals surface area contributed by atoms with Gasteiger partial charge in [0.05, 0.1) is 0 Å². The second-order valence-electron chi connectivity index (χ2n) is 18.6. The van der Waals surface area contributed by atoms with Crippen LogP contribution in [0.5, 0.6) is 5.75 Å². The summed E-state index contributed by atoms with van der Waals surface area (Å²) in [7, 11) is 1.38. The van der Waals surface area contributed by atoms with Crippen LogP contribution < -0.4 is 27.0 Å². The van der Waals surface area contributed by atoms with Crippen molar-refractivity contribution in [2.75, 3.05) is 7.05 Å². The molecule has 0 radical (unpaired) electrons. The van der Waals surface area contributed by atoms with E-state index in [1.165, 1.54) is 26.1 Å². The summed E-state index contributed by atoms with van der Waals surface area (Å²) < 4.78 is 5.86. The Labute approximate surface area is 381 Å². The van der Waals surface area contributed by atoms with Crippen LogP contribution >= 0.6 is 0 Å². The molecule has 2 saturated heterocycles. The van der Waals surface area contributed by atoms with Gasteiger partial charge in [-0.3, -0.25) is 38.4 Å². The number of nitrogens with one attached hydrogen (secondary N) is 4. The summed E-state index contributed by atoms with van der Waals surface area (Å²) in [5.41, 5.74) is 5.92. The van der Waals surface area contributed by atoms with Gasteiger partial charge in [-0.05, 0) is 68.1 Å². The SMILES string of the molecule is CCC(C)[C@H]1C(=O)N(C)[C@@H](Cc2ccc(O)cc2)C(=O)N[C@@H](C(C)C)C(=O)O[C@H](C)[C@@H](NC(=O)[C@H](CCC(N)=O)CC(=O)C(C)C)C(=O)N[C@@H](CC(C)C)C(=O)NC2CC[C@H](O)N1C2=O. The van der Waals surface area contributed by atoms with Crippen LogP contribution in [0.15, 0.2) is 24.3 Å². The van der Waals surface area contributed by atoms with Gasteiger partial charge in [-0.25, -0.2) is 4.79 Å². The molecular formula is C46H71N7O12. The number of benzene rings is 1. The molecule has 0 saturated carbocycles. The molecule has 0 aromatic heterocycles. The van der Waals surface area contributed by atoms with Gasteiger partial charge in [0, 0.05) is 38.1 Å². The van der Waals surface area contributed by atoms with E-state index in [1.807, 2.05) is 0 Å². The molecular weight excluding hydrogens is 843 g/mol. The van der Waals surface area contributed by atoms with Crippen molar-refractivity contribution in [1.29, 1.82) is 0 Å². The number of Topliss-reactive ketones (excluding diaryl/α,β-unsaturated/α-hetero) is 1. The molecule has 1 aromatic carbocycles. The Morgan fingerprint density at radius 3 is 2.08 bits per heavy atom. The first-order chi connectivity index (χ1) is 30.4. The standard InChI is InChI=1S/C46H71N7O12/c1-11-26(8)39-45(63)52(10)33(21-28-12-15-30(54)16-13-28)42(60)50-37(25(6)7)46(64)65-27(9)38(51-40(58)29(14-18-35(47)56)22-34(55)24(4)5)43(61)49-32(20-23(2)3)41(59)48-31-17-19-36(57)53(39)44(31)62/h12-13,15-16,23-27,29,31-33,36-39,54,57H,11,14,17-22H2,1-10H3,(H2,47,56)(H,48,59)(H,49,61)(H,50,60)(H,51,58)/t26?,27-,29-,31?,32+,33+,36+,37+,38-,39+/m1/s1. The van der Waals surface area contributed by atoms with Crippen LogP contribution in [0.1, 0.15) is 113 Å². The number of hydrogen-bond donors (Lipinski definition) is 7. The number of ether oxygens (including phenoxy) is 1. The predicted molar refractivity (Wildman–Crippen MR) is 238 cm³/mol. The third-order valence-electron chi connectivity index (χ3n) is 12.2. The number of aromatic hydroxyl groups is 1. The van der Waals surface area contributed by atoms with E-state index in [9.17, 15) is 53.4 Å². The van der Waals surface area contributed by atoms with Crippen LogP contribution in [0.2, 0.25) is 0 Å². The molecule has 0 spiro atoms. The maximum atomic E-state index is 14.8. The van der Waals surface area contributed by atoms with Gasteiger partial charge >= 0.3 is 5.97 Å². The molecule has 3 rings (SSSR count). The molecule has 19 heteroatoms. The fourth-order valence-corrected chi connectivity index (χ4v) is 7.94. The van der Waals surface area contributed by atoms with E-state index in [0.29, 0.717) is 12.0 Å². The number of piperidine rings is 1. The number of primary amides is 1. The van der Waals surface area contributed by atoms with Gasteiger partial charge in [0.2, 0.25) is 41.4 Å². The molecule has 2 fully saturated rings. The summed E-state index contributed by atoms with van der Waals surface area (Å²) in [6.45, 7) is 15.0. The third-order valence-corrected chi connectivity index (χ3v) is 12.2. The van der Waals surface area contributed by atoms with Crippen molar-refractivity contribution in [1.82, 2.24) is 31.1 Å². The van der Waals surface area contributed by atoms with E-state index in [4.69, 9.17) is 10.5 Å². The lowest BCUT2D eigenvalue weighted by Crippen LogP contribution is -2.66. The Bertz CT molecular complexity index is 1890. The highest BCUT2D eigenvalue weighted by molar-refractivity contribution is 5.98. The minimum Gasteiger partial charge on any atom is -0.508 e. The average Bonchev–Trinajstić information content (AvgIpc) is 3.23. The Morgan fingerprint density at radius 1 is 0.892 bits per heavy atom. The highest BCUT2D eigenvalue weighted by atomic mass is 16.5. The van der Waals surface area contributed by atoms with E-state index in [-0.39, 0.29) is 62.4 Å². The van der Waals surface area contributed by atoms with Gasteiger partial charge in [-0.1, -0.05) is 73.9 Å². The average molecular weight is 914 g/mol. The van der Waals surface area contributed by atoms with Crippen LogP contribution in [0, 0.1) is 29.6 Å². The van der Waals surface area contributed by atoms with E-state index in [1.54, 1.807) is 67.5 Å². The zero-order valence-corrected chi connectivity index (χ0v) is 39.4. The molecule has 10 atom stereocenters. The van der Waals surface area contributed by atoms with Crippen molar-refractivity contribution < 1.29 is 58.1 Å². The number of likely N-dealkylation sites (N-methyl/N-ethyl adjacent to an activating group) is 1. The number of ketones is 1. The Morgan fingerprint density at radius 2 is 1.52 bits per heavy atom. The lowest BCUT2D eigenvalue weighted by Gasteiger charge is -2.44. The highest BCUT2D eigenvalue weighted by Crippen LogP contribution is 2.28. The smallest absolute Gasteiger partial charge is 0.329 e. The molecule has 2 heterocycles. The van der Waals surface area contributed by atoms with Crippen molar-refractivity contribution >= 4 is 53.1 Å². The molecule has 1 aromatic rings. The Kier molecular flexibility index (Phi) is 19.9. The largest absolute Gasteiger partial charge is 0.508 e. The minimum absolute atomic E-state index is 0.0161. The first kappa shape index (κ1) is 53.7. The number of rotatable bonds is 15. The maximum absolute atomic E-state index is 14.8. The highest BCUT2D eigenvalue weighted by Gasteiger charge is 2.47. The zero-order chi connectivity index (χ0) is 49.0. The number of nitrogens with two attached hydrogens (primary N) is 1. The van der Waals surface area contributed by atoms with Crippen LogP contribution in [-0.2, 0) is 54.3 Å². The molecule has 2 aliphatic heterocycles. The Balaban J connectivity index is 2.24. The number of aliphatic hydroxyl groups is 1. The predicted octanol–water partition coefficient (Wildman–Crippen LogP) is 1.20. The fourth-order valence-electron chi connectivity index (χ4n) is 7.94. The summed E-state index contributed by atoms with van der Waals surface area (Å²) in [5, 5.41) is 32.1. The van der Waals surface area contributed by atoms with Crippen LogP contribution in [-0.4, -0.2) is 129 Å². The lowest BCUT2D eigenvalue weighted by molar-refractivity contribution is -0.168. The first-order valence-corrected chi connectivity index (χ1v) is 22.7. The number of fused-ring (bicyclic) bond motifs is 2. The van der Waals surface area contributed by atoms with Gasteiger partial charge < -0.3 is 51.8 Å². The number of amides is 7. The molecule has 65 heavy (non-hydrogen) atoms. The van der Waals surface area contributed by atoms with Gasteiger partial charge in [-0.15, -0.1) is 0 Å². The Hall–Kier alpha value is -5.59. The molecule has 2 bridgehead atoms. The monoisotopic (exact) mass is 914 g/mol. The van der Waals surface area contributed by atoms with Crippen LogP contribution in [0.25, 0.3) is 0 Å². The number of phenols is 1. The van der Waals surface area contributed by atoms with E-state index in [2.05, 4.69) is 21.3 Å². The topological polar surface area (TPSA) is 284 Å². The maximum Gasteiger partial charge on any atom is 0.329 e. The fraction of sp³-hybridized carbons (Fsp3) is 0.674. The molecule has 7 amide bonds. The van der Waals surface area contributed by atoms with Crippen molar-refractivity contribution in [3.8, 4) is 5.75 Å². The summed E-state index contributed by atoms with van der Waals surface area (Å²) in [5.74, 6) is -9.87. The van der Waals surface area contributed by atoms with Crippen molar-refractivity contribution in [2.45, 2.75) is 162 Å². The second kappa shape index (κ2) is 24.1. The molecule has 362 valence electrons. The summed E-state index contributed by atoms with van der Waals surface area (Å²) in [4.78, 5) is 127. The summed E-state index contributed by atoms with van der Waals surface area (Å²) in [6.07, 6.45) is -3.34. The van der Waals surface area contributed by atoms with Crippen LogP contribution in [0.4, 0.5) is 0 Å². The molecule has 19 nitrogen and oxygen atoms in total. The zero-order valence-electron chi connectivity index (χ0n) is 39.4. The van der Waals surface area contributed by atoms with E-state index >= 15 is 0 Å². The third kappa shape index (κ3) is 14.7. The van der Waals surface area contributed by atoms with E-state index < -0.39 is 120 Å². The number of carbonyl (C=O) groups is 9.